The molecule has 0 radical (unpaired) electrons. The van der Waals surface area contributed by atoms with Crippen molar-refractivity contribution in [2.45, 2.75) is 71.9 Å². The molecule has 1 heterocycles. The van der Waals surface area contributed by atoms with Crippen molar-refractivity contribution in [3.8, 4) is 0 Å². The summed E-state index contributed by atoms with van der Waals surface area (Å²) in [5.41, 5.74) is 0. The molecule has 2 rings (SSSR count). The molecule has 0 aromatic carbocycles. The first kappa shape index (κ1) is 16.3. The van der Waals surface area contributed by atoms with Crippen LogP contribution in [-0.2, 0) is 9.59 Å². The van der Waals surface area contributed by atoms with Gasteiger partial charge in [0, 0.05) is 6.54 Å². The van der Waals surface area contributed by atoms with Gasteiger partial charge >= 0.3 is 0 Å². The Morgan fingerprint density at radius 3 is 2.24 bits per heavy atom. The monoisotopic (exact) mass is 294 g/mol. The van der Waals surface area contributed by atoms with E-state index in [9.17, 15) is 9.59 Å². The molecule has 0 spiro atoms. The lowest BCUT2D eigenvalue weighted by Gasteiger charge is -2.42. The first-order valence-electron chi connectivity index (χ1n) is 8.64. The van der Waals surface area contributed by atoms with E-state index in [0.717, 1.165) is 38.6 Å². The van der Waals surface area contributed by atoms with Crippen LogP contribution in [-0.4, -0.2) is 35.3 Å². The van der Waals surface area contributed by atoms with Crippen molar-refractivity contribution < 1.29 is 9.59 Å². The van der Waals surface area contributed by atoms with Gasteiger partial charge in [-0.25, -0.2) is 0 Å². The SMILES string of the molecule is CCC(CC)CN1C(=O)C(C(C)CC)NC(=O)C1C1CC1. The van der Waals surface area contributed by atoms with Crippen LogP contribution in [0.2, 0.25) is 0 Å². The van der Waals surface area contributed by atoms with E-state index in [4.69, 9.17) is 0 Å². The zero-order valence-corrected chi connectivity index (χ0v) is 13.9. The maximum atomic E-state index is 12.9. The number of piperazine rings is 1. The molecule has 0 aromatic rings. The smallest absolute Gasteiger partial charge is 0.246 e. The van der Waals surface area contributed by atoms with Gasteiger partial charge in [-0.1, -0.05) is 47.0 Å². The molecule has 2 fully saturated rings. The van der Waals surface area contributed by atoms with Crippen molar-refractivity contribution in [3.63, 3.8) is 0 Å². The molecule has 120 valence electrons. The number of nitrogens with one attached hydrogen (secondary N) is 1. The highest BCUT2D eigenvalue weighted by Gasteiger charge is 2.48. The molecule has 4 nitrogen and oxygen atoms in total. The fourth-order valence-corrected chi connectivity index (χ4v) is 3.29. The Bertz CT molecular complexity index is 388. The second-order valence-electron chi connectivity index (χ2n) is 6.83. The predicted octanol–water partition coefficient (Wildman–Crippen LogP) is 2.57. The first-order chi connectivity index (χ1) is 10.0. The summed E-state index contributed by atoms with van der Waals surface area (Å²) in [5, 5.41) is 3.00. The zero-order chi connectivity index (χ0) is 15.6. The van der Waals surface area contributed by atoms with Gasteiger partial charge in [0.2, 0.25) is 11.8 Å². The van der Waals surface area contributed by atoms with E-state index in [-0.39, 0.29) is 29.8 Å². The highest BCUT2D eigenvalue weighted by molar-refractivity contribution is 5.97. The lowest BCUT2D eigenvalue weighted by Crippen LogP contribution is -2.66. The van der Waals surface area contributed by atoms with Crippen molar-refractivity contribution in [2.24, 2.45) is 17.8 Å². The summed E-state index contributed by atoms with van der Waals surface area (Å²) >= 11 is 0. The van der Waals surface area contributed by atoms with E-state index in [1.807, 2.05) is 4.90 Å². The van der Waals surface area contributed by atoms with Gasteiger partial charge in [0.05, 0.1) is 0 Å². The van der Waals surface area contributed by atoms with Crippen LogP contribution in [0.5, 0.6) is 0 Å². The van der Waals surface area contributed by atoms with Crippen LogP contribution in [0.15, 0.2) is 0 Å². The zero-order valence-electron chi connectivity index (χ0n) is 13.9. The van der Waals surface area contributed by atoms with E-state index in [1.165, 1.54) is 0 Å². The molecule has 1 saturated carbocycles. The number of hydrogen-bond acceptors (Lipinski definition) is 2. The Labute approximate surface area is 128 Å². The van der Waals surface area contributed by atoms with Crippen LogP contribution in [0.3, 0.4) is 0 Å². The molecule has 3 unspecified atom stereocenters. The van der Waals surface area contributed by atoms with Crippen LogP contribution >= 0.6 is 0 Å². The largest absolute Gasteiger partial charge is 0.342 e. The van der Waals surface area contributed by atoms with Gasteiger partial charge in [-0.3, -0.25) is 9.59 Å². The first-order valence-corrected chi connectivity index (χ1v) is 8.64. The number of hydrogen-bond donors (Lipinski definition) is 1. The molecule has 0 bridgehead atoms. The van der Waals surface area contributed by atoms with Gasteiger partial charge < -0.3 is 10.2 Å². The molecule has 21 heavy (non-hydrogen) atoms. The third kappa shape index (κ3) is 3.41. The van der Waals surface area contributed by atoms with E-state index in [2.05, 4.69) is 33.0 Å². The Hall–Kier alpha value is -1.06. The van der Waals surface area contributed by atoms with E-state index in [0.29, 0.717) is 11.8 Å². The summed E-state index contributed by atoms with van der Waals surface area (Å²) in [7, 11) is 0. The minimum atomic E-state index is -0.327. The number of nitrogens with zero attached hydrogens (tertiary/aromatic N) is 1. The molecule has 1 N–H and O–H groups in total. The molecule has 2 aliphatic rings. The Morgan fingerprint density at radius 1 is 1.14 bits per heavy atom. The normalized spacial score (nSPS) is 28.0. The summed E-state index contributed by atoms with van der Waals surface area (Å²) in [5.74, 6) is 1.31. The van der Waals surface area contributed by atoms with Gasteiger partial charge in [-0.15, -0.1) is 0 Å². The van der Waals surface area contributed by atoms with Crippen LogP contribution < -0.4 is 5.32 Å². The lowest BCUT2D eigenvalue weighted by atomic mass is 9.91. The fraction of sp³-hybridized carbons (Fsp3) is 0.882. The average molecular weight is 294 g/mol. The van der Waals surface area contributed by atoms with Crippen molar-refractivity contribution in [1.82, 2.24) is 10.2 Å². The highest BCUT2D eigenvalue weighted by atomic mass is 16.2. The van der Waals surface area contributed by atoms with E-state index < -0.39 is 0 Å². The van der Waals surface area contributed by atoms with Crippen molar-refractivity contribution in [1.29, 1.82) is 0 Å². The average Bonchev–Trinajstić information content (AvgIpc) is 3.31. The summed E-state index contributed by atoms with van der Waals surface area (Å²) in [4.78, 5) is 27.3. The predicted molar refractivity (Wildman–Crippen MR) is 83.7 cm³/mol. The maximum absolute atomic E-state index is 12.9. The minimum Gasteiger partial charge on any atom is -0.342 e. The standard InChI is InChI=1S/C17H30N2O2/c1-5-11(4)14-17(21)19(10-12(6-2)7-3)15(13-8-9-13)16(20)18-14/h11-15H,5-10H2,1-4H3,(H,18,20). The summed E-state index contributed by atoms with van der Waals surface area (Å²) < 4.78 is 0. The molecular weight excluding hydrogens is 264 g/mol. The minimum absolute atomic E-state index is 0.0772. The molecule has 0 aromatic heterocycles. The van der Waals surface area contributed by atoms with Crippen LogP contribution in [0.1, 0.15) is 59.8 Å². The summed E-state index contributed by atoms with van der Waals surface area (Å²) in [6, 6.07) is -0.537. The summed E-state index contributed by atoms with van der Waals surface area (Å²) in [6.07, 6.45) is 5.20. The molecular formula is C17H30N2O2. The van der Waals surface area contributed by atoms with Gasteiger partial charge in [0.1, 0.15) is 12.1 Å². The Kier molecular flexibility index (Phi) is 5.28. The molecule has 1 saturated heterocycles. The third-order valence-electron chi connectivity index (χ3n) is 5.34. The van der Waals surface area contributed by atoms with Gasteiger partial charge in [-0.05, 0) is 30.6 Å². The number of rotatable bonds is 7. The van der Waals surface area contributed by atoms with Gasteiger partial charge in [0.25, 0.3) is 0 Å². The van der Waals surface area contributed by atoms with Crippen LogP contribution in [0, 0.1) is 17.8 Å². The third-order valence-corrected chi connectivity index (χ3v) is 5.34. The topological polar surface area (TPSA) is 49.4 Å². The second kappa shape index (κ2) is 6.80. The number of amides is 2. The van der Waals surface area contributed by atoms with Crippen LogP contribution in [0.25, 0.3) is 0 Å². The van der Waals surface area contributed by atoms with E-state index in [1.54, 1.807) is 0 Å². The van der Waals surface area contributed by atoms with Gasteiger partial charge in [0.15, 0.2) is 0 Å². The van der Waals surface area contributed by atoms with Crippen molar-refractivity contribution >= 4 is 11.8 Å². The van der Waals surface area contributed by atoms with Crippen molar-refractivity contribution in [2.75, 3.05) is 6.54 Å². The Morgan fingerprint density at radius 2 is 1.76 bits per heavy atom. The molecule has 4 heteroatoms. The second-order valence-corrected chi connectivity index (χ2v) is 6.83. The molecule has 2 amide bonds. The van der Waals surface area contributed by atoms with Gasteiger partial charge in [-0.2, -0.15) is 0 Å². The number of carbonyl (C=O) groups excluding carboxylic acids is 2. The van der Waals surface area contributed by atoms with Crippen LogP contribution in [0.4, 0.5) is 0 Å². The fourth-order valence-electron chi connectivity index (χ4n) is 3.29. The van der Waals surface area contributed by atoms with E-state index >= 15 is 0 Å². The molecule has 1 aliphatic heterocycles. The highest BCUT2D eigenvalue weighted by Crippen LogP contribution is 2.38. The Balaban J connectivity index is 2.19. The molecule has 1 aliphatic carbocycles. The van der Waals surface area contributed by atoms with Crippen molar-refractivity contribution in [3.05, 3.63) is 0 Å². The maximum Gasteiger partial charge on any atom is 0.246 e. The number of carbonyl (C=O) groups is 2. The lowest BCUT2D eigenvalue weighted by molar-refractivity contribution is -0.152. The quantitative estimate of drug-likeness (QED) is 0.784. The molecule has 3 atom stereocenters. The summed E-state index contributed by atoms with van der Waals surface area (Å²) in [6.45, 7) is 9.20.